The first-order valence-corrected chi connectivity index (χ1v) is 9.21. The van der Waals surface area contributed by atoms with Crippen molar-refractivity contribution in [2.24, 2.45) is 0 Å². The monoisotopic (exact) mass is 297 g/mol. The van der Waals surface area contributed by atoms with E-state index in [0.717, 1.165) is 19.4 Å². The third kappa shape index (κ3) is 6.31. The predicted molar refractivity (Wildman–Crippen MR) is 90.6 cm³/mol. The predicted octanol–water partition coefficient (Wildman–Crippen LogP) is 3.91. The Kier molecular flexibility index (Phi) is 9.03. The molecule has 20 heavy (non-hydrogen) atoms. The van der Waals surface area contributed by atoms with Crippen molar-refractivity contribution in [2.45, 2.75) is 65.5 Å². The van der Waals surface area contributed by atoms with Gasteiger partial charge in [0.05, 0.1) is 5.69 Å². The smallest absolute Gasteiger partial charge is 0.0640 e. The van der Waals surface area contributed by atoms with Crippen LogP contribution in [0.1, 0.15) is 58.7 Å². The van der Waals surface area contributed by atoms with Crippen LogP contribution in [0.4, 0.5) is 0 Å². The maximum atomic E-state index is 4.72. The molecule has 0 fully saturated rings. The van der Waals surface area contributed by atoms with Crippen molar-refractivity contribution in [3.05, 3.63) is 18.0 Å². The fourth-order valence-corrected chi connectivity index (χ4v) is 3.06. The maximum Gasteiger partial charge on any atom is 0.0640 e. The molecular formula is C16H31N3S. The van der Waals surface area contributed by atoms with Gasteiger partial charge >= 0.3 is 0 Å². The first-order valence-electron chi connectivity index (χ1n) is 8.06. The number of rotatable bonds is 11. The van der Waals surface area contributed by atoms with E-state index in [9.17, 15) is 0 Å². The number of nitrogens with zero attached hydrogens (tertiary/aromatic N) is 2. The second-order valence-corrected chi connectivity index (χ2v) is 6.62. The van der Waals surface area contributed by atoms with Crippen LogP contribution < -0.4 is 5.32 Å². The molecule has 1 N–H and O–H groups in total. The molecule has 0 spiro atoms. The highest BCUT2D eigenvalue weighted by Gasteiger charge is 2.12. The van der Waals surface area contributed by atoms with E-state index in [1.54, 1.807) is 0 Å². The van der Waals surface area contributed by atoms with Crippen LogP contribution in [-0.4, -0.2) is 33.9 Å². The summed E-state index contributed by atoms with van der Waals surface area (Å²) in [6.07, 6.45) is 6.74. The molecule has 2 atom stereocenters. The number of nitrogens with one attached hydrogen (secondary N) is 1. The van der Waals surface area contributed by atoms with Gasteiger partial charge in [-0.3, -0.25) is 4.68 Å². The van der Waals surface area contributed by atoms with E-state index < -0.39 is 0 Å². The molecule has 1 aromatic heterocycles. The van der Waals surface area contributed by atoms with Crippen LogP contribution >= 0.6 is 11.8 Å². The van der Waals surface area contributed by atoms with E-state index in [-0.39, 0.29) is 0 Å². The molecule has 0 radical (unpaired) electrons. The van der Waals surface area contributed by atoms with E-state index in [1.807, 2.05) is 0 Å². The number of thioether (sulfide) groups is 1. The molecule has 4 heteroatoms. The van der Waals surface area contributed by atoms with Crippen LogP contribution in [0.15, 0.2) is 12.3 Å². The quantitative estimate of drug-likeness (QED) is 0.628. The van der Waals surface area contributed by atoms with Gasteiger partial charge in [0.1, 0.15) is 0 Å². The van der Waals surface area contributed by atoms with Crippen LogP contribution in [0.2, 0.25) is 0 Å². The molecular weight excluding hydrogens is 266 g/mol. The Labute approximate surface area is 128 Å². The van der Waals surface area contributed by atoms with Gasteiger partial charge in [-0.05, 0) is 44.6 Å². The Balaban J connectivity index is 2.51. The molecule has 1 rings (SSSR count). The molecule has 1 aromatic rings. The van der Waals surface area contributed by atoms with Gasteiger partial charge < -0.3 is 5.32 Å². The minimum atomic E-state index is 0.500. The Morgan fingerprint density at radius 1 is 1.30 bits per heavy atom. The highest BCUT2D eigenvalue weighted by molar-refractivity contribution is 7.99. The van der Waals surface area contributed by atoms with Gasteiger partial charge in [0.25, 0.3) is 0 Å². The SMILES string of the molecule is CCCNC(CSCCC)Cc1ccn(C(C)CC)n1. The number of aromatic nitrogens is 2. The molecule has 0 saturated carbocycles. The van der Waals surface area contributed by atoms with Gasteiger partial charge in [-0.1, -0.05) is 20.8 Å². The fraction of sp³-hybridized carbons (Fsp3) is 0.812. The van der Waals surface area contributed by atoms with Crippen molar-refractivity contribution in [3.8, 4) is 0 Å². The normalized spacial score (nSPS) is 14.4. The topological polar surface area (TPSA) is 29.9 Å². The Hall–Kier alpha value is -0.480. The van der Waals surface area contributed by atoms with Crippen molar-refractivity contribution in [1.29, 1.82) is 0 Å². The first-order chi connectivity index (χ1) is 9.71. The zero-order valence-electron chi connectivity index (χ0n) is 13.6. The van der Waals surface area contributed by atoms with Crippen LogP contribution in [0.5, 0.6) is 0 Å². The van der Waals surface area contributed by atoms with Crippen molar-refractivity contribution in [3.63, 3.8) is 0 Å². The minimum absolute atomic E-state index is 0.500. The third-order valence-corrected chi connectivity index (χ3v) is 4.85. The van der Waals surface area contributed by atoms with Gasteiger partial charge in [-0.15, -0.1) is 0 Å². The zero-order valence-corrected chi connectivity index (χ0v) is 14.4. The maximum absolute atomic E-state index is 4.72. The zero-order chi connectivity index (χ0) is 14.8. The molecule has 0 amide bonds. The lowest BCUT2D eigenvalue weighted by molar-refractivity contribution is 0.468. The van der Waals surface area contributed by atoms with Crippen molar-refractivity contribution >= 4 is 11.8 Å². The molecule has 1 heterocycles. The second-order valence-electron chi connectivity index (χ2n) is 5.47. The van der Waals surface area contributed by atoms with E-state index in [4.69, 9.17) is 5.10 Å². The summed E-state index contributed by atoms with van der Waals surface area (Å²) in [6, 6.07) is 3.23. The Bertz CT molecular complexity index is 351. The molecule has 3 nitrogen and oxygen atoms in total. The molecule has 0 bridgehead atoms. The molecule has 2 unspecified atom stereocenters. The van der Waals surface area contributed by atoms with Gasteiger partial charge in [-0.2, -0.15) is 16.9 Å². The summed E-state index contributed by atoms with van der Waals surface area (Å²) in [4.78, 5) is 0. The molecule has 116 valence electrons. The van der Waals surface area contributed by atoms with Crippen molar-refractivity contribution in [1.82, 2.24) is 15.1 Å². The third-order valence-electron chi connectivity index (χ3n) is 3.51. The van der Waals surface area contributed by atoms with Gasteiger partial charge in [0.15, 0.2) is 0 Å². The average molecular weight is 298 g/mol. The molecule has 0 aliphatic carbocycles. The lowest BCUT2D eigenvalue weighted by atomic mass is 10.2. The van der Waals surface area contributed by atoms with Gasteiger partial charge in [-0.25, -0.2) is 0 Å². The van der Waals surface area contributed by atoms with Crippen LogP contribution in [0, 0.1) is 0 Å². The van der Waals surface area contributed by atoms with E-state index in [2.05, 4.69) is 61.7 Å². The van der Waals surface area contributed by atoms with E-state index in [1.165, 1.54) is 30.0 Å². The minimum Gasteiger partial charge on any atom is -0.313 e. The van der Waals surface area contributed by atoms with Gasteiger partial charge in [0, 0.05) is 30.5 Å². The summed E-state index contributed by atoms with van der Waals surface area (Å²) < 4.78 is 2.10. The highest BCUT2D eigenvalue weighted by Crippen LogP contribution is 2.12. The lowest BCUT2D eigenvalue weighted by Crippen LogP contribution is -2.34. The van der Waals surface area contributed by atoms with E-state index in [0.29, 0.717) is 12.1 Å². The van der Waals surface area contributed by atoms with E-state index >= 15 is 0 Å². The van der Waals surface area contributed by atoms with Crippen LogP contribution in [-0.2, 0) is 6.42 Å². The summed E-state index contributed by atoms with van der Waals surface area (Å²) in [5.41, 5.74) is 1.22. The van der Waals surface area contributed by atoms with Crippen molar-refractivity contribution in [2.75, 3.05) is 18.1 Å². The Morgan fingerprint density at radius 2 is 2.10 bits per heavy atom. The summed E-state index contributed by atoms with van der Waals surface area (Å²) in [5.74, 6) is 2.44. The summed E-state index contributed by atoms with van der Waals surface area (Å²) in [6.45, 7) is 10.00. The van der Waals surface area contributed by atoms with Crippen molar-refractivity contribution < 1.29 is 0 Å². The number of hydrogen-bond donors (Lipinski definition) is 1. The highest BCUT2D eigenvalue weighted by atomic mass is 32.2. The summed E-state index contributed by atoms with van der Waals surface area (Å²) >= 11 is 2.05. The molecule has 0 saturated heterocycles. The molecule has 0 aliphatic rings. The molecule has 0 aliphatic heterocycles. The van der Waals surface area contributed by atoms with Crippen LogP contribution in [0.25, 0.3) is 0 Å². The number of hydrogen-bond acceptors (Lipinski definition) is 3. The van der Waals surface area contributed by atoms with Crippen LogP contribution in [0.3, 0.4) is 0 Å². The standard InChI is InChI=1S/C16H31N3S/c1-5-9-17-16(13-20-11-6-2)12-15-8-10-19(18-15)14(4)7-3/h8,10,14,16-17H,5-7,9,11-13H2,1-4H3. The second kappa shape index (κ2) is 10.3. The lowest BCUT2D eigenvalue weighted by Gasteiger charge is -2.17. The Morgan fingerprint density at radius 3 is 2.75 bits per heavy atom. The average Bonchev–Trinajstić information content (AvgIpc) is 2.92. The van der Waals surface area contributed by atoms with Gasteiger partial charge in [0.2, 0.25) is 0 Å². The first kappa shape index (κ1) is 17.6. The summed E-state index contributed by atoms with van der Waals surface area (Å²) in [7, 11) is 0. The fourth-order valence-electron chi connectivity index (χ4n) is 2.08. The summed E-state index contributed by atoms with van der Waals surface area (Å²) in [5, 5.41) is 8.38. The molecule has 0 aromatic carbocycles. The largest absolute Gasteiger partial charge is 0.313 e.